The zero-order valence-electron chi connectivity index (χ0n) is 16.6. The Morgan fingerprint density at radius 3 is 2.00 bits per heavy atom. The second-order valence-electron chi connectivity index (χ2n) is 6.89. The summed E-state index contributed by atoms with van der Waals surface area (Å²) in [5.74, 6) is 0.993. The number of rotatable bonds is 17. The van der Waals surface area contributed by atoms with Crippen LogP contribution in [-0.4, -0.2) is 33.3 Å². The molecule has 3 heteroatoms. The molecule has 0 unspecified atom stereocenters. The molecule has 0 heterocycles. The van der Waals surface area contributed by atoms with Gasteiger partial charge in [0.25, 0.3) is 0 Å². The summed E-state index contributed by atoms with van der Waals surface area (Å²) in [7, 11) is 1.74. The Morgan fingerprint density at radius 2 is 1.32 bits per heavy atom. The monoisotopic (exact) mass is 348 g/mol. The number of benzene rings is 1. The summed E-state index contributed by atoms with van der Waals surface area (Å²) in [6.07, 6.45) is 13.6. The third-order valence-corrected chi connectivity index (χ3v) is 4.70. The van der Waals surface area contributed by atoms with Gasteiger partial charge in [-0.1, -0.05) is 76.5 Å². The molecular weight excluding hydrogens is 308 g/mol. The van der Waals surface area contributed by atoms with E-state index in [9.17, 15) is 0 Å². The second-order valence-corrected chi connectivity index (χ2v) is 6.89. The van der Waals surface area contributed by atoms with E-state index in [4.69, 9.17) is 4.74 Å². The molecule has 0 spiro atoms. The molecule has 0 atom stereocenters. The van der Waals surface area contributed by atoms with Crippen molar-refractivity contribution in [2.75, 3.05) is 33.3 Å². The van der Waals surface area contributed by atoms with Crippen molar-refractivity contribution in [3.8, 4) is 5.75 Å². The SMILES string of the molecule is CCCCCCCCCCCNCCNCCc1ccccc1OC. The van der Waals surface area contributed by atoms with Crippen LogP contribution < -0.4 is 15.4 Å². The molecule has 0 aliphatic carbocycles. The highest BCUT2D eigenvalue weighted by Gasteiger charge is 2.00. The normalized spacial score (nSPS) is 11.0. The van der Waals surface area contributed by atoms with Crippen molar-refractivity contribution in [1.82, 2.24) is 10.6 Å². The Hall–Kier alpha value is -1.06. The summed E-state index contributed by atoms with van der Waals surface area (Å²) in [6, 6.07) is 8.27. The molecule has 0 saturated carbocycles. The van der Waals surface area contributed by atoms with Crippen molar-refractivity contribution in [1.29, 1.82) is 0 Å². The van der Waals surface area contributed by atoms with E-state index in [0.717, 1.165) is 38.3 Å². The quantitative estimate of drug-likeness (QED) is 0.391. The molecule has 3 nitrogen and oxygen atoms in total. The first-order chi connectivity index (χ1) is 12.4. The van der Waals surface area contributed by atoms with Crippen molar-refractivity contribution in [2.45, 2.75) is 71.1 Å². The van der Waals surface area contributed by atoms with Crippen LogP contribution in [0.4, 0.5) is 0 Å². The van der Waals surface area contributed by atoms with Crippen LogP contribution in [0.5, 0.6) is 5.75 Å². The smallest absolute Gasteiger partial charge is 0.122 e. The molecule has 0 saturated heterocycles. The number of ether oxygens (including phenoxy) is 1. The van der Waals surface area contributed by atoms with Crippen LogP contribution in [0.2, 0.25) is 0 Å². The fourth-order valence-corrected chi connectivity index (χ4v) is 3.12. The highest BCUT2D eigenvalue weighted by molar-refractivity contribution is 5.33. The third kappa shape index (κ3) is 12.0. The van der Waals surface area contributed by atoms with Crippen molar-refractivity contribution in [2.24, 2.45) is 0 Å². The maximum Gasteiger partial charge on any atom is 0.122 e. The van der Waals surface area contributed by atoms with E-state index in [1.54, 1.807) is 7.11 Å². The van der Waals surface area contributed by atoms with E-state index < -0.39 is 0 Å². The summed E-state index contributed by atoms with van der Waals surface area (Å²) in [5, 5.41) is 7.04. The number of methoxy groups -OCH3 is 1. The zero-order valence-corrected chi connectivity index (χ0v) is 16.6. The predicted molar refractivity (Wildman–Crippen MR) is 110 cm³/mol. The van der Waals surface area contributed by atoms with Gasteiger partial charge in [-0.3, -0.25) is 0 Å². The minimum Gasteiger partial charge on any atom is -0.496 e. The van der Waals surface area contributed by atoms with Crippen LogP contribution in [0.1, 0.15) is 70.3 Å². The lowest BCUT2D eigenvalue weighted by molar-refractivity contribution is 0.409. The Balaban J connectivity index is 1.82. The summed E-state index contributed by atoms with van der Waals surface area (Å²) in [5.41, 5.74) is 1.28. The van der Waals surface area contributed by atoms with Gasteiger partial charge in [0.1, 0.15) is 5.75 Å². The molecule has 1 aromatic carbocycles. The first-order valence-corrected chi connectivity index (χ1v) is 10.4. The standard InChI is InChI=1S/C22H40N2O/c1-3-4-5-6-7-8-9-10-13-17-23-19-20-24-18-16-21-14-11-12-15-22(21)25-2/h11-12,14-15,23-24H,3-10,13,16-20H2,1-2H3. The van der Waals surface area contributed by atoms with Gasteiger partial charge >= 0.3 is 0 Å². The lowest BCUT2D eigenvalue weighted by Crippen LogP contribution is -2.29. The summed E-state index contributed by atoms with van der Waals surface area (Å²) in [6.45, 7) is 6.53. The van der Waals surface area contributed by atoms with Crippen molar-refractivity contribution in [3.05, 3.63) is 29.8 Å². The average Bonchev–Trinajstić information content (AvgIpc) is 2.65. The minimum atomic E-state index is 0.993. The van der Waals surface area contributed by atoms with Crippen LogP contribution in [0, 0.1) is 0 Å². The van der Waals surface area contributed by atoms with Gasteiger partial charge in [-0.25, -0.2) is 0 Å². The van der Waals surface area contributed by atoms with Crippen LogP contribution in [0.15, 0.2) is 24.3 Å². The molecule has 0 amide bonds. The number of nitrogens with one attached hydrogen (secondary N) is 2. The molecule has 0 bridgehead atoms. The Morgan fingerprint density at radius 1 is 0.720 bits per heavy atom. The topological polar surface area (TPSA) is 33.3 Å². The molecule has 1 rings (SSSR count). The summed E-state index contributed by atoms with van der Waals surface area (Å²) >= 11 is 0. The molecular formula is C22H40N2O. The Kier molecular flexibility index (Phi) is 14.4. The van der Waals surface area contributed by atoms with Crippen LogP contribution in [-0.2, 0) is 6.42 Å². The largest absolute Gasteiger partial charge is 0.496 e. The zero-order chi connectivity index (χ0) is 18.0. The first kappa shape index (κ1) is 22.0. The fourth-order valence-electron chi connectivity index (χ4n) is 3.12. The average molecular weight is 349 g/mol. The van der Waals surface area contributed by atoms with Crippen molar-refractivity contribution < 1.29 is 4.74 Å². The van der Waals surface area contributed by atoms with Gasteiger partial charge in [-0.15, -0.1) is 0 Å². The Bertz CT molecular complexity index is 409. The summed E-state index contributed by atoms with van der Waals surface area (Å²) < 4.78 is 5.38. The highest BCUT2D eigenvalue weighted by Crippen LogP contribution is 2.17. The maximum atomic E-state index is 5.38. The molecule has 0 aliphatic heterocycles. The van der Waals surface area contributed by atoms with Gasteiger partial charge in [0, 0.05) is 13.1 Å². The minimum absolute atomic E-state index is 0.993. The fraction of sp³-hybridized carbons (Fsp3) is 0.727. The van der Waals surface area contributed by atoms with Crippen LogP contribution in [0.3, 0.4) is 0 Å². The molecule has 0 aromatic heterocycles. The number of para-hydroxylation sites is 1. The second kappa shape index (κ2) is 16.4. The molecule has 0 fully saturated rings. The molecule has 0 radical (unpaired) electrons. The molecule has 0 aliphatic rings. The van der Waals surface area contributed by atoms with Gasteiger partial charge in [0.05, 0.1) is 7.11 Å². The number of unbranched alkanes of at least 4 members (excludes halogenated alkanes) is 8. The van der Waals surface area contributed by atoms with Gasteiger partial charge in [0.2, 0.25) is 0 Å². The highest BCUT2D eigenvalue weighted by atomic mass is 16.5. The van der Waals surface area contributed by atoms with Gasteiger partial charge < -0.3 is 15.4 Å². The van der Waals surface area contributed by atoms with E-state index in [0.29, 0.717) is 0 Å². The van der Waals surface area contributed by atoms with E-state index in [1.807, 2.05) is 12.1 Å². The predicted octanol–water partition coefficient (Wildman–Crippen LogP) is 4.95. The van der Waals surface area contributed by atoms with Crippen LogP contribution in [0.25, 0.3) is 0 Å². The maximum absolute atomic E-state index is 5.38. The van der Waals surface area contributed by atoms with E-state index in [-0.39, 0.29) is 0 Å². The molecule has 144 valence electrons. The van der Waals surface area contributed by atoms with Crippen LogP contribution >= 0.6 is 0 Å². The first-order valence-electron chi connectivity index (χ1n) is 10.4. The number of hydrogen-bond acceptors (Lipinski definition) is 3. The molecule has 1 aromatic rings. The molecule has 2 N–H and O–H groups in total. The van der Waals surface area contributed by atoms with Gasteiger partial charge in [0.15, 0.2) is 0 Å². The van der Waals surface area contributed by atoms with E-state index >= 15 is 0 Å². The lowest BCUT2D eigenvalue weighted by atomic mass is 10.1. The van der Waals surface area contributed by atoms with Gasteiger partial charge in [-0.2, -0.15) is 0 Å². The lowest BCUT2D eigenvalue weighted by Gasteiger charge is -2.09. The summed E-state index contributed by atoms with van der Waals surface area (Å²) in [4.78, 5) is 0. The van der Waals surface area contributed by atoms with Gasteiger partial charge in [-0.05, 0) is 37.6 Å². The molecule has 25 heavy (non-hydrogen) atoms. The number of hydrogen-bond donors (Lipinski definition) is 2. The Labute approximate surface area is 155 Å². The third-order valence-electron chi connectivity index (χ3n) is 4.70. The van der Waals surface area contributed by atoms with E-state index in [1.165, 1.54) is 63.4 Å². The van der Waals surface area contributed by atoms with Crippen molar-refractivity contribution in [3.63, 3.8) is 0 Å². The van der Waals surface area contributed by atoms with Crippen molar-refractivity contribution >= 4 is 0 Å². The van der Waals surface area contributed by atoms with E-state index in [2.05, 4.69) is 29.7 Å².